The van der Waals surface area contributed by atoms with Gasteiger partial charge in [-0.1, -0.05) is 67.6 Å². The van der Waals surface area contributed by atoms with E-state index in [-0.39, 0.29) is 11.9 Å². The van der Waals surface area contributed by atoms with Crippen LogP contribution in [0.4, 0.5) is 0 Å². The van der Waals surface area contributed by atoms with Crippen LogP contribution in [0, 0.1) is 5.92 Å². The monoisotopic (exact) mass is 322 g/mol. The van der Waals surface area contributed by atoms with E-state index in [0.29, 0.717) is 12.5 Å². The van der Waals surface area contributed by atoms with Crippen LogP contribution in [-0.4, -0.2) is 29.9 Å². The van der Waals surface area contributed by atoms with Gasteiger partial charge in [-0.25, -0.2) is 0 Å². The molecule has 3 nitrogen and oxygen atoms in total. The normalized spacial score (nSPS) is 20.0. The maximum absolute atomic E-state index is 13.0. The molecule has 0 bridgehead atoms. The highest BCUT2D eigenvalue weighted by Crippen LogP contribution is 2.18. The molecule has 0 radical (unpaired) electrons. The summed E-state index contributed by atoms with van der Waals surface area (Å²) in [4.78, 5) is 15.1. The molecular formula is C21H26N2O. The minimum Gasteiger partial charge on any atom is -0.337 e. The van der Waals surface area contributed by atoms with Gasteiger partial charge < -0.3 is 10.2 Å². The lowest BCUT2D eigenvalue weighted by atomic mass is 10.0. The summed E-state index contributed by atoms with van der Waals surface area (Å²) in [6.45, 7) is 4.54. The van der Waals surface area contributed by atoms with Crippen LogP contribution in [-0.2, 0) is 17.8 Å². The van der Waals surface area contributed by atoms with E-state index in [2.05, 4.69) is 48.6 Å². The molecule has 0 spiro atoms. The maximum Gasteiger partial charge on any atom is 0.240 e. The second-order valence-corrected chi connectivity index (χ2v) is 6.68. The van der Waals surface area contributed by atoms with Gasteiger partial charge in [0.1, 0.15) is 0 Å². The molecule has 2 aromatic carbocycles. The zero-order valence-electron chi connectivity index (χ0n) is 14.3. The maximum atomic E-state index is 13.0. The van der Waals surface area contributed by atoms with Crippen LogP contribution in [0.5, 0.6) is 0 Å². The third kappa shape index (κ3) is 4.24. The van der Waals surface area contributed by atoms with Crippen LogP contribution in [0.1, 0.15) is 24.5 Å². The van der Waals surface area contributed by atoms with Gasteiger partial charge in [-0.05, 0) is 36.4 Å². The molecular weight excluding hydrogens is 296 g/mol. The predicted molar refractivity (Wildman–Crippen MR) is 97.6 cm³/mol. The van der Waals surface area contributed by atoms with E-state index in [0.717, 1.165) is 25.9 Å². The molecule has 24 heavy (non-hydrogen) atoms. The van der Waals surface area contributed by atoms with Crippen molar-refractivity contribution in [2.24, 2.45) is 5.92 Å². The molecule has 1 aliphatic rings. The summed E-state index contributed by atoms with van der Waals surface area (Å²) in [6.07, 6.45) is 1.97. The van der Waals surface area contributed by atoms with Gasteiger partial charge in [0, 0.05) is 13.1 Å². The minimum absolute atomic E-state index is 0.0375. The fourth-order valence-corrected chi connectivity index (χ4v) is 3.34. The van der Waals surface area contributed by atoms with E-state index in [9.17, 15) is 4.79 Å². The van der Waals surface area contributed by atoms with Crippen molar-refractivity contribution in [2.45, 2.75) is 32.4 Å². The molecule has 126 valence electrons. The lowest BCUT2D eigenvalue weighted by molar-refractivity contribution is -0.134. The highest BCUT2D eigenvalue weighted by molar-refractivity contribution is 5.82. The number of hydrogen-bond donors (Lipinski definition) is 1. The first-order valence-corrected chi connectivity index (χ1v) is 8.84. The number of benzene rings is 2. The van der Waals surface area contributed by atoms with E-state index in [1.54, 1.807) is 0 Å². The number of hydrogen-bond acceptors (Lipinski definition) is 2. The van der Waals surface area contributed by atoms with Gasteiger partial charge in [-0.2, -0.15) is 0 Å². The van der Waals surface area contributed by atoms with Crippen molar-refractivity contribution >= 4 is 5.91 Å². The summed E-state index contributed by atoms with van der Waals surface area (Å²) in [5.74, 6) is 0.646. The Bertz CT molecular complexity index is 641. The Morgan fingerprint density at radius 1 is 1.04 bits per heavy atom. The Balaban J connectivity index is 1.71. The van der Waals surface area contributed by atoms with Gasteiger partial charge >= 0.3 is 0 Å². The molecule has 1 amide bonds. The Labute approximate surface area is 144 Å². The average molecular weight is 322 g/mol. The number of nitrogens with one attached hydrogen (secondary N) is 1. The Morgan fingerprint density at radius 3 is 2.25 bits per heavy atom. The smallest absolute Gasteiger partial charge is 0.240 e. The second-order valence-electron chi connectivity index (χ2n) is 6.68. The molecule has 2 unspecified atom stereocenters. The molecule has 1 heterocycles. The summed E-state index contributed by atoms with van der Waals surface area (Å²) in [5.41, 5.74) is 2.46. The minimum atomic E-state index is -0.0375. The number of carbonyl (C=O) groups is 1. The zero-order valence-corrected chi connectivity index (χ0v) is 14.3. The van der Waals surface area contributed by atoms with Crippen molar-refractivity contribution in [3.8, 4) is 0 Å². The largest absolute Gasteiger partial charge is 0.337 e. The van der Waals surface area contributed by atoms with Crippen molar-refractivity contribution in [1.82, 2.24) is 10.2 Å². The molecule has 3 heteroatoms. The van der Waals surface area contributed by atoms with Crippen molar-refractivity contribution in [3.05, 3.63) is 71.8 Å². The quantitative estimate of drug-likeness (QED) is 0.885. The lowest BCUT2D eigenvalue weighted by Crippen LogP contribution is -2.46. The lowest BCUT2D eigenvalue weighted by Gasteiger charge is -2.27. The van der Waals surface area contributed by atoms with Crippen LogP contribution in [0.3, 0.4) is 0 Å². The fraction of sp³-hybridized carbons (Fsp3) is 0.381. The standard InChI is InChI=1S/C21H26N2O/c1-17-12-14-22-20(17)21(24)23(16-19-10-6-3-7-11-19)15-13-18-8-4-2-5-9-18/h2-11,17,20,22H,12-16H2,1H3. The molecule has 0 aliphatic carbocycles. The first kappa shape index (κ1) is 16.7. The third-order valence-corrected chi connectivity index (χ3v) is 4.84. The SMILES string of the molecule is CC1CCNC1C(=O)N(CCc1ccccc1)Cc1ccccc1. The number of amides is 1. The Kier molecular flexibility index (Phi) is 5.65. The fourth-order valence-electron chi connectivity index (χ4n) is 3.34. The van der Waals surface area contributed by atoms with E-state index in [1.165, 1.54) is 11.1 Å². The predicted octanol–water partition coefficient (Wildman–Crippen LogP) is 3.26. The van der Waals surface area contributed by atoms with E-state index < -0.39 is 0 Å². The van der Waals surface area contributed by atoms with Gasteiger partial charge in [0.15, 0.2) is 0 Å². The van der Waals surface area contributed by atoms with E-state index in [1.807, 2.05) is 29.2 Å². The molecule has 0 aromatic heterocycles. The first-order valence-electron chi connectivity index (χ1n) is 8.84. The summed E-state index contributed by atoms with van der Waals surface area (Å²) < 4.78 is 0. The molecule has 1 fully saturated rings. The first-order chi connectivity index (χ1) is 11.7. The van der Waals surface area contributed by atoms with E-state index in [4.69, 9.17) is 0 Å². The number of rotatable bonds is 6. The van der Waals surface area contributed by atoms with Crippen molar-refractivity contribution in [1.29, 1.82) is 0 Å². The van der Waals surface area contributed by atoms with Crippen LogP contribution < -0.4 is 5.32 Å². The highest BCUT2D eigenvalue weighted by atomic mass is 16.2. The molecule has 1 saturated heterocycles. The van der Waals surface area contributed by atoms with Crippen LogP contribution in [0.2, 0.25) is 0 Å². The summed E-state index contributed by atoms with van der Waals surface area (Å²) >= 11 is 0. The van der Waals surface area contributed by atoms with Gasteiger partial charge in [0.2, 0.25) is 5.91 Å². The highest BCUT2D eigenvalue weighted by Gasteiger charge is 2.32. The molecule has 3 rings (SSSR count). The summed E-state index contributed by atoms with van der Waals surface area (Å²) in [7, 11) is 0. The van der Waals surface area contributed by atoms with Crippen molar-refractivity contribution < 1.29 is 4.79 Å². The van der Waals surface area contributed by atoms with Gasteiger partial charge in [0.25, 0.3) is 0 Å². The van der Waals surface area contributed by atoms with Crippen LogP contribution in [0.15, 0.2) is 60.7 Å². The molecule has 2 atom stereocenters. The van der Waals surface area contributed by atoms with Gasteiger partial charge in [0.05, 0.1) is 6.04 Å². The molecule has 2 aromatic rings. The molecule has 1 aliphatic heterocycles. The van der Waals surface area contributed by atoms with E-state index >= 15 is 0 Å². The van der Waals surface area contributed by atoms with Gasteiger partial charge in [-0.15, -0.1) is 0 Å². The number of carbonyl (C=O) groups excluding carboxylic acids is 1. The third-order valence-electron chi connectivity index (χ3n) is 4.84. The Morgan fingerprint density at radius 2 is 1.67 bits per heavy atom. The van der Waals surface area contributed by atoms with Crippen molar-refractivity contribution in [2.75, 3.05) is 13.1 Å². The number of nitrogens with zero attached hydrogens (tertiary/aromatic N) is 1. The van der Waals surface area contributed by atoms with Crippen LogP contribution >= 0.6 is 0 Å². The van der Waals surface area contributed by atoms with Crippen molar-refractivity contribution in [3.63, 3.8) is 0 Å². The summed E-state index contributed by atoms with van der Waals surface area (Å²) in [5, 5.41) is 3.38. The second kappa shape index (κ2) is 8.11. The van der Waals surface area contributed by atoms with Crippen LogP contribution in [0.25, 0.3) is 0 Å². The van der Waals surface area contributed by atoms with Gasteiger partial charge in [-0.3, -0.25) is 4.79 Å². The Hall–Kier alpha value is -2.13. The molecule has 1 N–H and O–H groups in total. The zero-order chi connectivity index (χ0) is 16.8. The topological polar surface area (TPSA) is 32.3 Å². The molecule has 0 saturated carbocycles. The average Bonchev–Trinajstić information content (AvgIpc) is 3.06. The summed E-state index contributed by atoms with van der Waals surface area (Å²) in [6, 6.07) is 20.6.